The first-order valence-corrected chi connectivity index (χ1v) is 9.08. The van der Waals surface area contributed by atoms with Crippen LogP contribution in [0.5, 0.6) is 11.5 Å². The van der Waals surface area contributed by atoms with Gasteiger partial charge in [-0.05, 0) is 31.9 Å². The summed E-state index contributed by atoms with van der Waals surface area (Å²) in [6.45, 7) is 2.26. The van der Waals surface area contributed by atoms with Crippen LogP contribution >= 0.6 is 0 Å². The maximum Gasteiger partial charge on any atom is 0.243 e. The van der Waals surface area contributed by atoms with Crippen molar-refractivity contribution in [2.24, 2.45) is 0 Å². The highest BCUT2D eigenvalue weighted by Gasteiger charge is 2.38. The van der Waals surface area contributed by atoms with Crippen LogP contribution in [0.2, 0.25) is 0 Å². The number of sulfonamides is 1. The summed E-state index contributed by atoms with van der Waals surface area (Å²) in [5.41, 5.74) is 0.736. The molecule has 1 aliphatic rings. The van der Waals surface area contributed by atoms with E-state index in [1.165, 1.54) is 30.7 Å². The molecule has 0 unspecified atom stereocenters. The molecule has 0 amide bonds. The molecule has 1 aromatic heterocycles. The van der Waals surface area contributed by atoms with Gasteiger partial charge in [-0.2, -0.15) is 4.31 Å². The molecule has 8 heteroatoms. The van der Waals surface area contributed by atoms with Crippen LogP contribution in [-0.2, 0) is 10.0 Å². The summed E-state index contributed by atoms with van der Waals surface area (Å²) in [6, 6.07) is 6.05. The molecule has 24 heavy (non-hydrogen) atoms. The molecule has 1 aliphatic heterocycles. The van der Waals surface area contributed by atoms with Crippen molar-refractivity contribution in [3.63, 3.8) is 0 Å². The third-order valence-corrected chi connectivity index (χ3v) is 6.04. The van der Waals surface area contributed by atoms with E-state index in [4.69, 9.17) is 14.0 Å². The molecule has 2 heterocycles. The number of aryl methyl sites for hydroxylation is 1. The van der Waals surface area contributed by atoms with Crippen molar-refractivity contribution in [1.29, 1.82) is 0 Å². The third-order valence-electron chi connectivity index (χ3n) is 4.14. The fourth-order valence-electron chi connectivity index (χ4n) is 2.96. The van der Waals surface area contributed by atoms with Gasteiger partial charge in [0.2, 0.25) is 10.0 Å². The van der Waals surface area contributed by atoms with E-state index in [0.29, 0.717) is 30.2 Å². The Bertz CT molecular complexity index is 831. The molecule has 7 nitrogen and oxygen atoms in total. The highest BCUT2D eigenvalue weighted by atomic mass is 32.2. The topological polar surface area (TPSA) is 81.9 Å². The van der Waals surface area contributed by atoms with Crippen molar-refractivity contribution >= 4 is 10.0 Å². The summed E-state index contributed by atoms with van der Waals surface area (Å²) < 4.78 is 43.3. The highest BCUT2D eigenvalue weighted by Crippen LogP contribution is 2.38. The predicted octanol–water partition coefficient (Wildman–Crippen LogP) is 2.53. The van der Waals surface area contributed by atoms with Gasteiger partial charge in [0.15, 0.2) is 17.3 Å². The van der Waals surface area contributed by atoms with Crippen molar-refractivity contribution in [3.8, 4) is 11.5 Å². The molecule has 130 valence electrons. The maximum atomic E-state index is 13.1. The molecular formula is C16H20N2O5S. The summed E-state index contributed by atoms with van der Waals surface area (Å²) in [4.78, 5) is 0.170. The van der Waals surface area contributed by atoms with Gasteiger partial charge in [-0.1, -0.05) is 5.16 Å². The van der Waals surface area contributed by atoms with Crippen LogP contribution in [-0.4, -0.2) is 38.6 Å². The van der Waals surface area contributed by atoms with Gasteiger partial charge in [0, 0.05) is 18.7 Å². The summed E-state index contributed by atoms with van der Waals surface area (Å²) in [5.74, 6) is 1.44. The summed E-state index contributed by atoms with van der Waals surface area (Å²) in [5, 5.41) is 3.87. The Balaban J connectivity index is 1.97. The van der Waals surface area contributed by atoms with E-state index < -0.39 is 10.0 Å². The summed E-state index contributed by atoms with van der Waals surface area (Å²) >= 11 is 0. The number of rotatable bonds is 5. The monoisotopic (exact) mass is 352 g/mol. The maximum absolute atomic E-state index is 13.1. The fourth-order valence-corrected chi connectivity index (χ4v) is 4.65. The lowest BCUT2D eigenvalue weighted by atomic mass is 10.2. The van der Waals surface area contributed by atoms with Crippen molar-refractivity contribution in [1.82, 2.24) is 9.46 Å². The van der Waals surface area contributed by atoms with Gasteiger partial charge in [-0.15, -0.1) is 0 Å². The van der Waals surface area contributed by atoms with Crippen LogP contribution in [0.25, 0.3) is 0 Å². The molecule has 0 bridgehead atoms. The first-order chi connectivity index (χ1) is 11.5. The Morgan fingerprint density at radius 3 is 2.58 bits per heavy atom. The minimum atomic E-state index is -3.67. The zero-order valence-electron chi connectivity index (χ0n) is 13.9. The number of hydrogen-bond donors (Lipinski definition) is 0. The average Bonchev–Trinajstić information content (AvgIpc) is 3.22. The normalized spacial score (nSPS) is 18.7. The van der Waals surface area contributed by atoms with Crippen molar-refractivity contribution in [2.45, 2.75) is 30.7 Å². The smallest absolute Gasteiger partial charge is 0.243 e. The quantitative estimate of drug-likeness (QED) is 0.822. The Hall–Kier alpha value is -2.06. The van der Waals surface area contributed by atoms with Crippen LogP contribution in [0, 0.1) is 6.92 Å². The van der Waals surface area contributed by atoms with Gasteiger partial charge in [0.1, 0.15) is 0 Å². The van der Waals surface area contributed by atoms with Gasteiger partial charge in [0.25, 0.3) is 0 Å². The lowest BCUT2D eigenvalue weighted by Gasteiger charge is -2.22. The second-order valence-corrected chi connectivity index (χ2v) is 7.55. The molecule has 2 aromatic rings. The molecule has 0 aliphatic carbocycles. The molecule has 1 atom stereocenters. The van der Waals surface area contributed by atoms with Crippen molar-refractivity contribution in [2.75, 3.05) is 20.8 Å². The fraction of sp³-hybridized carbons (Fsp3) is 0.438. The Labute approximate surface area is 141 Å². The molecule has 0 radical (unpaired) electrons. The number of benzene rings is 1. The molecule has 0 N–H and O–H groups in total. The molecule has 1 fully saturated rings. The first kappa shape index (κ1) is 16.8. The molecule has 1 saturated heterocycles. The van der Waals surface area contributed by atoms with E-state index in [9.17, 15) is 8.42 Å². The molecule has 1 aromatic carbocycles. The largest absolute Gasteiger partial charge is 0.493 e. The lowest BCUT2D eigenvalue weighted by Crippen LogP contribution is -2.30. The second kappa shape index (κ2) is 6.45. The van der Waals surface area contributed by atoms with Gasteiger partial charge >= 0.3 is 0 Å². The van der Waals surface area contributed by atoms with E-state index in [1.54, 1.807) is 12.1 Å². The van der Waals surface area contributed by atoms with Crippen LogP contribution < -0.4 is 9.47 Å². The van der Waals surface area contributed by atoms with E-state index in [0.717, 1.165) is 12.1 Å². The summed E-state index contributed by atoms with van der Waals surface area (Å²) in [6.07, 6.45) is 1.48. The Kier molecular flexibility index (Phi) is 4.51. The third kappa shape index (κ3) is 2.87. The number of methoxy groups -OCH3 is 2. The number of ether oxygens (including phenoxy) is 2. The average molecular weight is 352 g/mol. The summed E-state index contributed by atoms with van der Waals surface area (Å²) in [7, 11) is -0.689. The molecule has 0 spiro atoms. The molecule has 3 rings (SSSR count). The first-order valence-electron chi connectivity index (χ1n) is 7.64. The SMILES string of the molecule is COc1ccc(S(=O)(=O)N2CCC[C@H]2c2cc(C)no2)cc1OC. The van der Waals surface area contributed by atoms with E-state index in [-0.39, 0.29) is 10.9 Å². The van der Waals surface area contributed by atoms with E-state index >= 15 is 0 Å². The number of aromatic nitrogens is 1. The van der Waals surface area contributed by atoms with Crippen LogP contribution in [0.4, 0.5) is 0 Å². The van der Waals surface area contributed by atoms with Crippen molar-refractivity contribution in [3.05, 3.63) is 35.7 Å². The minimum Gasteiger partial charge on any atom is -0.493 e. The van der Waals surface area contributed by atoms with E-state index in [2.05, 4.69) is 5.16 Å². The van der Waals surface area contributed by atoms with Gasteiger partial charge in [0.05, 0.1) is 30.9 Å². The van der Waals surface area contributed by atoms with Gasteiger partial charge in [-0.3, -0.25) is 0 Å². The van der Waals surface area contributed by atoms with Crippen molar-refractivity contribution < 1.29 is 22.4 Å². The lowest BCUT2D eigenvalue weighted by molar-refractivity contribution is 0.297. The zero-order chi connectivity index (χ0) is 17.3. The van der Waals surface area contributed by atoms with Crippen LogP contribution in [0.15, 0.2) is 33.7 Å². The van der Waals surface area contributed by atoms with Crippen LogP contribution in [0.1, 0.15) is 30.3 Å². The second-order valence-electron chi connectivity index (χ2n) is 5.66. The minimum absolute atomic E-state index is 0.170. The van der Waals surface area contributed by atoms with E-state index in [1.807, 2.05) is 6.92 Å². The van der Waals surface area contributed by atoms with Gasteiger partial charge in [-0.25, -0.2) is 8.42 Å². The van der Waals surface area contributed by atoms with Gasteiger partial charge < -0.3 is 14.0 Å². The number of hydrogen-bond acceptors (Lipinski definition) is 6. The Morgan fingerprint density at radius 2 is 1.96 bits per heavy atom. The standard InChI is InChI=1S/C16H20N2O5S/c1-11-9-15(23-17-11)13-5-4-8-18(13)24(19,20)12-6-7-14(21-2)16(10-12)22-3/h6-7,9-10,13H,4-5,8H2,1-3H3/t13-/m0/s1. The molecule has 0 saturated carbocycles. The van der Waals surface area contributed by atoms with Crippen LogP contribution in [0.3, 0.4) is 0 Å². The Morgan fingerprint density at radius 1 is 1.21 bits per heavy atom. The highest BCUT2D eigenvalue weighted by molar-refractivity contribution is 7.89. The predicted molar refractivity (Wildman–Crippen MR) is 86.7 cm³/mol. The molecular weight excluding hydrogens is 332 g/mol. The zero-order valence-corrected chi connectivity index (χ0v) is 14.7. The number of nitrogens with zero attached hydrogens (tertiary/aromatic N) is 2.